The number of ether oxygens (including phenoxy) is 1. The van der Waals surface area contributed by atoms with Crippen LogP contribution in [0.4, 0.5) is 0 Å². The molecular formula is C12H17ClN6O. The molecule has 8 heteroatoms. The maximum absolute atomic E-state index is 5.92. The van der Waals surface area contributed by atoms with Crippen LogP contribution in [-0.2, 0) is 12.8 Å². The number of hydrogen-bond acceptors (Lipinski definition) is 6. The number of aryl methyl sites for hydroxylation is 2. The molecule has 0 saturated heterocycles. The Morgan fingerprint density at radius 1 is 1.10 bits per heavy atom. The monoisotopic (exact) mass is 296 g/mol. The van der Waals surface area contributed by atoms with Crippen LogP contribution in [0.3, 0.4) is 0 Å². The quantitative estimate of drug-likeness (QED) is 0.840. The lowest BCUT2D eigenvalue weighted by Crippen LogP contribution is -2.13. The first-order valence-electron chi connectivity index (χ1n) is 6.56. The number of hydrogen-bond donors (Lipinski definition) is 0. The van der Waals surface area contributed by atoms with Crippen molar-refractivity contribution in [1.82, 2.24) is 29.7 Å². The normalized spacial score (nSPS) is 11.1. The van der Waals surface area contributed by atoms with E-state index in [2.05, 4.69) is 25.0 Å². The highest BCUT2D eigenvalue weighted by Gasteiger charge is 2.15. The van der Waals surface area contributed by atoms with Crippen molar-refractivity contribution in [3.63, 3.8) is 0 Å². The molecule has 0 N–H and O–H groups in total. The Morgan fingerprint density at radius 3 is 2.45 bits per heavy atom. The summed E-state index contributed by atoms with van der Waals surface area (Å²) in [5.41, 5.74) is 0. The summed E-state index contributed by atoms with van der Waals surface area (Å²) in [6.07, 6.45) is 1.42. The number of aromatic nitrogens is 6. The lowest BCUT2D eigenvalue weighted by molar-refractivity contribution is 0.221. The Morgan fingerprint density at radius 2 is 1.85 bits per heavy atom. The van der Waals surface area contributed by atoms with E-state index >= 15 is 0 Å². The largest absolute Gasteiger partial charge is 0.461 e. The molecule has 0 amide bonds. The number of nitrogens with zero attached hydrogens (tertiary/aromatic N) is 6. The van der Waals surface area contributed by atoms with Crippen LogP contribution in [0.15, 0.2) is 0 Å². The van der Waals surface area contributed by atoms with Gasteiger partial charge in [-0.1, -0.05) is 13.8 Å². The van der Waals surface area contributed by atoms with Crippen LogP contribution in [0.2, 0.25) is 5.28 Å². The zero-order valence-electron chi connectivity index (χ0n) is 12.0. The van der Waals surface area contributed by atoms with Crippen LogP contribution in [0, 0.1) is 0 Å². The fourth-order valence-electron chi connectivity index (χ4n) is 1.61. The molecule has 108 valence electrons. The van der Waals surface area contributed by atoms with Crippen LogP contribution in [-0.4, -0.2) is 35.8 Å². The van der Waals surface area contributed by atoms with Gasteiger partial charge in [0, 0.05) is 12.8 Å². The first-order chi connectivity index (χ1) is 9.53. The zero-order chi connectivity index (χ0) is 14.7. The van der Waals surface area contributed by atoms with Crippen LogP contribution in [0.5, 0.6) is 6.01 Å². The lowest BCUT2D eigenvalue weighted by Gasteiger charge is -2.09. The molecular weight excluding hydrogens is 280 g/mol. The average molecular weight is 297 g/mol. The second-order valence-corrected chi connectivity index (χ2v) is 4.75. The summed E-state index contributed by atoms with van der Waals surface area (Å²) in [4.78, 5) is 16.7. The molecule has 0 aliphatic rings. The molecule has 0 spiro atoms. The van der Waals surface area contributed by atoms with Crippen LogP contribution >= 0.6 is 11.6 Å². The van der Waals surface area contributed by atoms with Gasteiger partial charge in [0.05, 0.1) is 6.10 Å². The zero-order valence-corrected chi connectivity index (χ0v) is 12.7. The third-order valence-electron chi connectivity index (χ3n) is 2.46. The minimum atomic E-state index is -0.0473. The van der Waals surface area contributed by atoms with E-state index in [1.807, 2.05) is 27.7 Å². The van der Waals surface area contributed by atoms with E-state index in [4.69, 9.17) is 16.3 Å². The minimum absolute atomic E-state index is 0.0473. The van der Waals surface area contributed by atoms with Gasteiger partial charge in [-0.2, -0.15) is 19.6 Å². The molecule has 0 atom stereocenters. The maximum Gasteiger partial charge on any atom is 0.322 e. The molecule has 0 aromatic carbocycles. The molecule has 2 aromatic rings. The van der Waals surface area contributed by atoms with E-state index in [9.17, 15) is 0 Å². The van der Waals surface area contributed by atoms with Crippen molar-refractivity contribution < 1.29 is 4.74 Å². The van der Waals surface area contributed by atoms with E-state index < -0.39 is 0 Å². The molecule has 0 unspecified atom stereocenters. The van der Waals surface area contributed by atoms with Gasteiger partial charge in [-0.3, -0.25) is 0 Å². The fourth-order valence-corrected chi connectivity index (χ4v) is 1.76. The van der Waals surface area contributed by atoms with E-state index in [0.29, 0.717) is 5.95 Å². The fraction of sp³-hybridized carbons (Fsp3) is 0.583. The highest BCUT2D eigenvalue weighted by Crippen LogP contribution is 2.14. The lowest BCUT2D eigenvalue weighted by atomic mass is 10.4. The molecule has 0 aliphatic carbocycles. The molecule has 0 saturated carbocycles. The van der Waals surface area contributed by atoms with E-state index in [1.54, 1.807) is 4.68 Å². The molecule has 2 rings (SSSR count). The third kappa shape index (κ3) is 3.22. The Bertz CT molecular complexity index is 598. The summed E-state index contributed by atoms with van der Waals surface area (Å²) in [5, 5.41) is 4.44. The summed E-state index contributed by atoms with van der Waals surface area (Å²) in [6.45, 7) is 7.76. The Hall–Kier alpha value is -1.76. The van der Waals surface area contributed by atoms with Crippen molar-refractivity contribution in [2.45, 2.75) is 46.6 Å². The van der Waals surface area contributed by atoms with Gasteiger partial charge in [0.15, 0.2) is 5.82 Å². The Kier molecular flexibility index (Phi) is 4.49. The highest BCUT2D eigenvalue weighted by molar-refractivity contribution is 6.28. The van der Waals surface area contributed by atoms with Gasteiger partial charge < -0.3 is 4.74 Å². The molecule has 0 radical (unpaired) electrons. The second-order valence-electron chi connectivity index (χ2n) is 4.42. The maximum atomic E-state index is 5.92. The molecule has 2 heterocycles. The average Bonchev–Trinajstić information content (AvgIpc) is 2.80. The molecule has 0 aliphatic heterocycles. The predicted octanol–water partition coefficient (Wildman–Crippen LogP) is 2.02. The Balaban J connectivity index is 2.46. The van der Waals surface area contributed by atoms with Crippen molar-refractivity contribution in [2.75, 3.05) is 0 Å². The molecule has 0 bridgehead atoms. The van der Waals surface area contributed by atoms with E-state index in [1.165, 1.54) is 0 Å². The van der Waals surface area contributed by atoms with Crippen molar-refractivity contribution in [1.29, 1.82) is 0 Å². The van der Waals surface area contributed by atoms with Crippen molar-refractivity contribution in [3.8, 4) is 12.0 Å². The van der Waals surface area contributed by atoms with Crippen molar-refractivity contribution in [2.24, 2.45) is 0 Å². The van der Waals surface area contributed by atoms with Crippen LogP contribution in [0.1, 0.15) is 39.3 Å². The van der Waals surface area contributed by atoms with Crippen molar-refractivity contribution in [3.05, 3.63) is 16.9 Å². The van der Waals surface area contributed by atoms with Gasteiger partial charge in [-0.05, 0) is 25.4 Å². The summed E-state index contributed by atoms with van der Waals surface area (Å²) in [6, 6.07) is 0.186. The molecule has 2 aromatic heterocycles. The third-order valence-corrected chi connectivity index (χ3v) is 2.63. The SMILES string of the molecule is CCc1nc(CC)n(-c2nc(Cl)nc(OC(C)C)n2)n1. The van der Waals surface area contributed by atoms with Gasteiger partial charge in [0.2, 0.25) is 5.28 Å². The van der Waals surface area contributed by atoms with Crippen LogP contribution in [0.25, 0.3) is 5.95 Å². The minimum Gasteiger partial charge on any atom is -0.461 e. The van der Waals surface area contributed by atoms with Crippen molar-refractivity contribution >= 4 is 11.6 Å². The standard InChI is InChI=1S/C12H17ClN6O/c1-5-8-14-9(6-2)19(18-8)11-15-10(13)16-12(17-11)20-7(3)4/h7H,5-6H2,1-4H3. The van der Waals surface area contributed by atoms with Gasteiger partial charge in [-0.15, -0.1) is 5.10 Å². The summed E-state index contributed by atoms with van der Waals surface area (Å²) < 4.78 is 7.04. The summed E-state index contributed by atoms with van der Waals surface area (Å²) >= 11 is 5.92. The molecule has 7 nitrogen and oxygen atoms in total. The summed E-state index contributed by atoms with van der Waals surface area (Å²) in [7, 11) is 0. The predicted molar refractivity (Wildman–Crippen MR) is 74.3 cm³/mol. The van der Waals surface area contributed by atoms with Gasteiger partial charge >= 0.3 is 6.01 Å². The highest BCUT2D eigenvalue weighted by atomic mass is 35.5. The first-order valence-corrected chi connectivity index (χ1v) is 6.94. The number of rotatable bonds is 5. The van der Waals surface area contributed by atoms with E-state index in [0.717, 1.165) is 24.5 Å². The van der Waals surface area contributed by atoms with Gasteiger partial charge in [-0.25, -0.2) is 4.98 Å². The smallest absolute Gasteiger partial charge is 0.322 e. The van der Waals surface area contributed by atoms with Gasteiger partial charge in [0.1, 0.15) is 5.82 Å². The molecule has 20 heavy (non-hydrogen) atoms. The van der Waals surface area contributed by atoms with E-state index in [-0.39, 0.29) is 17.4 Å². The second kappa shape index (κ2) is 6.13. The molecule has 0 fully saturated rings. The Labute approximate surface area is 122 Å². The first kappa shape index (κ1) is 14.6. The summed E-state index contributed by atoms with van der Waals surface area (Å²) in [5.74, 6) is 1.84. The number of halogens is 1. The topological polar surface area (TPSA) is 78.6 Å². The van der Waals surface area contributed by atoms with Crippen LogP contribution < -0.4 is 4.74 Å². The van der Waals surface area contributed by atoms with Gasteiger partial charge in [0.25, 0.3) is 5.95 Å².